The summed E-state index contributed by atoms with van der Waals surface area (Å²) in [6.45, 7) is 4.01. The molecule has 1 aliphatic rings. The van der Waals surface area contributed by atoms with Crippen molar-refractivity contribution >= 4 is 17.3 Å². The highest BCUT2D eigenvalue weighted by atomic mass is 16.5. The van der Waals surface area contributed by atoms with E-state index in [0.29, 0.717) is 23.2 Å². The van der Waals surface area contributed by atoms with E-state index in [-0.39, 0.29) is 6.03 Å². The zero-order valence-corrected chi connectivity index (χ0v) is 19.9. The summed E-state index contributed by atoms with van der Waals surface area (Å²) in [4.78, 5) is 19.7. The van der Waals surface area contributed by atoms with Gasteiger partial charge in [0.15, 0.2) is 0 Å². The van der Waals surface area contributed by atoms with Gasteiger partial charge in [0, 0.05) is 11.3 Å². The number of allylic oxidation sites excluding steroid dienone is 1. The average Bonchev–Trinajstić information content (AvgIpc) is 3.39. The Labute approximate surface area is 204 Å². The second-order valence-corrected chi connectivity index (χ2v) is 8.30. The first kappa shape index (κ1) is 22.4. The van der Waals surface area contributed by atoms with Gasteiger partial charge >= 0.3 is 6.03 Å². The van der Waals surface area contributed by atoms with Crippen LogP contribution in [-0.4, -0.2) is 23.3 Å². The number of benzene rings is 3. The maximum absolute atomic E-state index is 13.3. The highest BCUT2D eigenvalue weighted by Gasteiger charge is 2.36. The van der Waals surface area contributed by atoms with E-state index in [1.165, 1.54) is 5.56 Å². The maximum Gasteiger partial charge on any atom is 0.326 e. The molecule has 0 radical (unpaired) electrons. The number of aromatic nitrogens is 2. The molecule has 0 aliphatic carbocycles. The molecule has 2 amide bonds. The Morgan fingerprint density at radius 2 is 1.80 bits per heavy atom. The van der Waals surface area contributed by atoms with Crippen molar-refractivity contribution in [3.05, 3.63) is 102 Å². The van der Waals surface area contributed by atoms with Gasteiger partial charge in [0.2, 0.25) is 5.82 Å². The Morgan fingerprint density at radius 1 is 1.03 bits per heavy atom. The highest BCUT2D eigenvalue weighted by molar-refractivity contribution is 6.01. The summed E-state index contributed by atoms with van der Waals surface area (Å²) >= 11 is 0. The van der Waals surface area contributed by atoms with Crippen LogP contribution in [0.5, 0.6) is 5.75 Å². The first-order valence-corrected chi connectivity index (χ1v) is 11.5. The third-order valence-electron chi connectivity index (χ3n) is 6.20. The van der Waals surface area contributed by atoms with Crippen molar-refractivity contribution in [1.29, 1.82) is 0 Å². The zero-order chi connectivity index (χ0) is 24.4. The lowest BCUT2D eigenvalue weighted by atomic mass is 9.94. The SMILES string of the molecule is CCc1ccc(-c2noc(C3=C(C)N(c4ccccc4)C(=O)NC3c3cccc(OC)c3)n2)cc1. The van der Waals surface area contributed by atoms with Gasteiger partial charge in [0.25, 0.3) is 5.89 Å². The summed E-state index contributed by atoms with van der Waals surface area (Å²) in [5, 5.41) is 7.38. The molecular weight excluding hydrogens is 440 g/mol. The molecule has 0 spiro atoms. The molecule has 4 aromatic rings. The lowest BCUT2D eigenvalue weighted by Gasteiger charge is -2.35. The van der Waals surface area contributed by atoms with Gasteiger partial charge in [0.05, 0.1) is 24.4 Å². The van der Waals surface area contributed by atoms with Crippen molar-refractivity contribution in [2.24, 2.45) is 0 Å². The van der Waals surface area contributed by atoms with E-state index >= 15 is 0 Å². The minimum Gasteiger partial charge on any atom is -0.497 e. The van der Waals surface area contributed by atoms with Crippen LogP contribution in [0.4, 0.5) is 10.5 Å². The number of carbonyl (C=O) groups is 1. The molecule has 176 valence electrons. The van der Waals surface area contributed by atoms with Crippen LogP contribution in [-0.2, 0) is 6.42 Å². The fourth-order valence-corrected chi connectivity index (χ4v) is 4.32. The summed E-state index contributed by atoms with van der Waals surface area (Å²) in [6.07, 6.45) is 0.959. The molecule has 5 rings (SSSR count). The molecule has 0 saturated carbocycles. The van der Waals surface area contributed by atoms with E-state index in [9.17, 15) is 4.79 Å². The minimum atomic E-state index is -0.492. The van der Waals surface area contributed by atoms with Crippen LogP contribution in [0.1, 0.15) is 36.9 Å². The number of nitrogens with one attached hydrogen (secondary N) is 1. The summed E-state index contributed by atoms with van der Waals surface area (Å²) in [5.41, 5.74) is 5.15. The third kappa shape index (κ3) is 4.28. The summed E-state index contributed by atoms with van der Waals surface area (Å²) in [6, 6.07) is 24.5. The van der Waals surface area contributed by atoms with E-state index < -0.39 is 6.04 Å². The number of hydrogen-bond acceptors (Lipinski definition) is 5. The average molecular weight is 467 g/mol. The van der Waals surface area contributed by atoms with Crippen LogP contribution in [0.3, 0.4) is 0 Å². The van der Waals surface area contributed by atoms with Crippen LogP contribution in [0.2, 0.25) is 0 Å². The van der Waals surface area contributed by atoms with E-state index in [0.717, 1.165) is 28.8 Å². The van der Waals surface area contributed by atoms with E-state index in [2.05, 4.69) is 29.5 Å². The third-order valence-corrected chi connectivity index (χ3v) is 6.20. The molecule has 0 bridgehead atoms. The Kier molecular flexibility index (Phi) is 6.06. The first-order chi connectivity index (χ1) is 17.1. The number of rotatable bonds is 6. The molecule has 2 heterocycles. The smallest absolute Gasteiger partial charge is 0.326 e. The largest absolute Gasteiger partial charge is 0.497 e. The maximum atomic E-state index is 13.3. The van der Waals surface area contributed by atoms with E-state index in [4.69, 9.17) is 14.2 Å². The van der Waals surface area contributed by atoms with E-state index in [1.807, 2.05) is 73.7 Å². The molecule has 3 aromatic carbocycles. The van der Waals surface area contributed by atoms with Crippen molar-refractivity contribution in [2.75, 3.05) is 12.0 Å². The van der Waals surface area contributed by atoms with Gasteiger partial charge in [-0.05, 0) is 48.7 Å². The Hall–Kier alpha value is -4.39. The predicted octanol–water partition coefficient (Wildman–Crippen LogP) is 6.01. The predicted molar refractivity (Wildman–Crippen MR) is 135 cm³/mol. The number of nitrogens with zero attached hydrogens (tertiary/aromatic N) is 3. The Balaban J connectivity index is 1.63. The molecule has 7 heteroatoms. The fraction of sp³-hybridized carbons (Fsp3) is 0.179. The number of methoxy groups -OCH3 is 1. The Morgan fingerprint density at radius 3 is 2.51 bits per heavy atom. The van der Waals surface area contributed by atoms with Crippen LogP contribution in [0.25, 0.3) is 17.0 Å². The van der Waals surface area contributed by atoms with Crippen molar-refractivity contribution < 1.29 is 14.1 Å². The lowest BCUT2D eigenvalue weighted by molar-refractivity contribution is 0.244. The normalized spacial score (nSPS) is 15.8. The number of carbonyl (C=O) groups excluding carboxylic acids is 1. The molecule has 1 unspecified atom stereocenters. The van der Waals surface area contributed by atoms with Crippen LogP contribution in [0, 0.1) is 0 Å². The number of amides is 2. The molecule has 1 atom stereocenters. The number of hydrogen-bond donors (Lipinski definition) is 1. The fourth-order valence-electron chi connectivity index (χ4n) is 4.32. The summed E-state index contributed by atoms with van der Waals surface area (Å²) in [7, 11) is 1.62. The van der Waals surface area contributed by atoms with Gasteiger partial charge in [-0.2, -0.15) is 4.98 Å². The molecular formula is C28H26N4O3. The van der Waals surface area contributed by atoms with E-state index in [1.54, 1.807) is 12.0 Å². The van der Waals surface area contributed by atoms with Gasteiger partial charge < -0.3 is 14.6 Å². The van der Waals surface area contributed by atoms with Gasteiger partial charge in [-0.15, -0.1) is 0 Å². The molecule has 1 aromatic heterocycles. The number of aryl methyl sites for hydroxylation is 1. The zero-order valence-electron chi connectivity index (χ0n) is 19.9. The van der Waals surface area contributed by atoms with Gasteiger partial charge in [-0.3, -0.25) is 4.90 Å². The quantitative estimate of drug-likeness (QED) is 0.376. The monoisotopic (exact) mass is 466 g/mol. The lowest BCUT2D eigenvalue weighted by Crippen LogP contribution is -2.46. The molecule has 35 heavy (non-hydrogen) atoms. The van der Waals surface area contributed by atoms with Crippen molar-refractivity contribution in [2.45, 2.75) is 26.3 Å². The van der Waals surface area contributed by atoms with Gasteiger partial charge in [-0.1, -0.05) is 66.7 Å². The van der Waals surface area contributed by atoms with Gasteiger partial charge in [-0.25, -0.2) is 4.79 Å². The van der Waals surface area contributed by atoms with Crippen molar-refractivity contribution in [3.63, 3.8) is 0 Å². The number of anilines is 1. The second kappa shape index (κ2) is 9.46. The first-order valence-electron chi connectivity index (χ1n) is 11.5. The topological polar surface area (TPSA) is 80.5 Å². The number of para-hydroxylation sites is 1. The van der Waals surface area contributed by atoms with Gasteiger partial charge in [0.1, 0.15) is 5.75 Å². The highest BCUT2D eigenvalue weighted by Crippen LogP contribution is 2.39. The molecule has 7 nitrogen and oxygen atoms in total. The summed E-state index contributed by atoms with van der Waals surface area (Å²) < 4.78 is 11.2. The second-order valence-electron chi connectivity index (χ2n) is 8.30. The van der Waals surface area contributed by atoms with Crippen LogP contribution >= 0.6 is 0 Å². The van der Waals surface area contributed by atoms with Crippen LogP contribution < -0.4 is 15.0 Å². The van der Waals surface area contributed by atoms with Crippen molar-refractivity contribution in [3.8, 4) is 17.1 Å². The summed E-state index contributed by atoms with van der Waals surface area (Å²) in [5.74, 6) is 1.54. The Bertz CT molecular complexity index is 1380. The molecule has 0 saturated heterocycles. The number of ether oxygens (including phenoxy) is 1. The molecule has 0 fully saturated rings. The standard InChI is InChI=1S/C28H26N4O3/c1-4-19-13-15-20(16-14-19)26-30-27(35-31-26)24-18(2)32(22-10-6-5-7-11-22)28(33)29-25(24)21-9-8-12-23(17-21)34-3/h5-17,25H,4H2,1-3H3,(H,29,33). The number of urea groups is 1. The van der Waals surface area contributed by atoms with Crippen LogP contribution in [0.15, 0.2) is 89.1 Å². The van der Waals surface area contributed by atoms with Crippen molar-refractivity contribution in [1.82, 2.24) is 15.5 Å². The minimum absolute atomic E-state index is 0.236. The molecule has 1 aliphatic heterocycles. The molecule has 1 N–H and O–H groups in total.